The van der Waals surface area contributed by atoms with Crippen LogP contribution >= 0.6 is 0 Å². The van der Waals surface area contributed by atoms with Crippen LogP contribution in [0, 0.1) is 0 Å². The molecule has 0 aliphatic heterocycles. The lowest BCUT2D eigenvalue weighted by molar-refractivity contribution is -0.909. The van der Waals surface area contributed by atoms with Gasteiger partial charge in [-0.2, -0.15) is 0 Å². The average Bonchev–Trinajstić information content (AvgIpc) is 2.63. The zero-order chi connectivity index (χ0) is 22.7. The van der Waals surface area contributed by atoms with Gasteiger partial charge in [0.1, 0.15) is 6.54 Å². The van der Waals surface area contributed by atoms with E-state index in [1.54, 1.807) is 0 Å². The van der Waals surface area contributed by atoms with E-state index in [1.807, 2.05) is 0 Å². The summed E-state index contributed by atoms with van der Waals surface area (Å²) < 4.78 is -0.499. The van der Waals surface area contributed by atoms with Gasteiger partial charge in [0, 0.05) is 0 Å². The molecule has 0 saturated carbocycles. The van der Waals surface area contributed by atoms with E-state index < -0.39 is 42.0 Å². The molecule has 0 saturated heterocycles. The molecule has 0 heterocycles. The minimum Gasteiger partial charge on any atom is -0.544 e. The number of carbonyl (C=O) groups is 3. The van der Waals surface area contributed by atoms with Crippen LogP contribution in [0.3, 0.4) is 0 Å². The van der Waals surface area contributed by atoms with Crippen LogP contribution < -0.4 is 5.11 Å². The maximum atomic E-state index is 11.1. The highest BCUT2D eigenvalue weighted by molar-refractivity contribution is 5.72. The van der Waals surface area contributed by atoms with Gasteiger partial charge in [0.15, 0.2) is 13.1 Å². The first-order chi connectivity index (χ1) is 14.3. The van der Waals surface area contributed by atoms with Crippen LogP contribution in [0.25, 0.3) is 0 Å². The van der Waals surface area contributed by atoms with Crippen LogP contribution in [-0.4, -0.2) is 58.8 Å². The van der Waals surface area contributed by atoms with Crippen molar-refractivity contribution >= 4 is 17.9 Å². The Morgan fingerprint density at radius 3 is 1.53 bits per heavy atom. The lowest BCUT2D eigenvalue weighted by Gasteiger charge is -2.36. The molecule has 0 spiro atoms. The van der Waals surface area contributed by atoms with Crippen LogP contribution in [-0.2, 0) is 14.4 Å². The van der Waals surface area contributed by atoms with Crippen molar-refractivity contribution in [1.29, 1.82) is 0 Å². The van der Waals surface area contributed by atoms with Crippen molar-refractivity contribution < 1.29 is 34.2 Å². The summed E-state index contributed by atoms with van der Waals surface area (Å²) in [5.74, 6) is -3.82. The average molecular weight is 428 g/mol. The standard InChI is InChI=1S/C23H41NO6/c1-2-3-4-5-6-7-8-9-10-11-12-13-14-15-16-17-24(18-21(25)26,19-22(27)28)20-23(29)30/h3-4H,2,5-20H2,1H3,(H2-,25,26,27,28,29,30)/b4-3+. The molecule has 0 atom stereocenters. The number of hydrogen-bond donors (Lipinski definition) is 2. The Morgan fingerprint density at radius 2 is 1.13 bits per heavy atom. The van der Waals surface area contributed by atoms with Gasteiger partial charge < -0.3 is 24.6 Å². The largest absolute Gasteiger partial charge is 0.544 e. The molecule has 7 heteroatoms. The Kier molecular flexibility index (Phi) is 16.8. The van der Waals surface area contributed by atoms with E-state index in [2.05, 4.69) is 19.1 Å². The fourth-order valence-corrected chi connectivity index (χ4v) is 3.84. The summed E-state index contributed by atoms with van der Waals surface area (Å²) in [7, 11) is 0. The smallest absolute Gasteiger partial charge is 0.359 e. The van der Waals surface area contributed by atoms with Gasteiger partial charge in [0.05, 0.1) is 12.5 Å². The molecule has 0 aromatic heterocycles. The molecule has 174 valence electrons. The SMILES string of the molecule is CC/C=C/CCCCCCCCCCCCC[N+](CC(=O)[O-])(CC(=O)O)CC(=O)O. The summed E-state index contributed by atoms with van der Waals surface area (Å²) in [6.07, 6.45) is 19.1. The first-order valence-electron chi connectivity index (χ1n) is 11.4. The topological polar surface area (TPSA) is 115 Å². The van der Waals surface area contributed by atoms with E-state index in [0.717, 1.165) is 25.7 Å². The minimum absolute atomic E-state index is 0.222. The Hall–Kier alpha value is -1.89. The number of carboxylic acids is 3. The molecular formula is C23H41NO6. The van der Waals surface area contributed by atoms with Crippen LogP contribution in [0.4, 0.5) is 0 Å². The number of rotatable bonds is 21. The summed E-state index contributed by atoms with van der Waals surface area (Å²) in [5.41, 5.74) is 0. The third-order valence-corrected chi connectivity index (χ3v) is 5.31. The summed E-state index contributed by atoms with van der Waals surface area (Å²) >= 11 is 0. The molecule has 0 aliphatic carbocycles. The van der Waals surface area contributed by atoms with Crippen LogP contribution in [0.1, 0.15) is 90.4 Å². The molecule has 30 heavy (non-hydrogen) atoms. The summed E-state index contributed by atoms with van der Waals surface area (Å²) in [6.45, 7) is 0.747. The summed E-state index contributed by atoms with van der Waals surface area (Å²) in [5, 5.41) is 29.2. The molecule has 0 fully saturated rings. The molecule has 0 aromatic rings. The number of allylic oxidation sites excluding steroid dienone is 2. The monoisotopic (exact) mass is 427 g/mol. The Morgan fingerprint density at radius 1 is 0.700 bits per heavy atom. The predicted octanol–water partition coefficient (Wildman–Crippen LogP) is 3.37. The Balaban J connectivity index is 3.91. The van der Waals surface area contributed by atoms with Gasteiger partial charge in [-0.25, -0.2) is 9.59 Å². The van der Waals surface area contributed by atoms with Gasteiger partial charge in [-0.3, -0.25) is 0 Å². The van der Waals surface area contributed by atoms with Crippen LogP contribution in [0.5, 0.6) is 0 Å². The second-order valence-electron chi connectivity index (χ2n) is 8.26. The van der Waals surface area contributed by atoms with E-state index in [1.165, 1.54) is 51.4 Å². The van der Waals surface area contributed by atoms with Crippen LogP contribution in [0.2, 0.25) is 0 Å². The second kappa shape index (κ2) is 17.9. The number of quaternary nitrogens is 1. The maximum Gasteiger partial charge on any atom is 0.359 e. The van der Waals surface area contributed by atoms with Gasteiger partial charge >= 0.3 is 11.9 Å². The first kappa shape index (κ1) is 28.1. The van der Waals surface area contributed by atoms with Crippen molar-refractivity contribution in [1.82, 2.24) is 0 Å². The normalized spacial score (nSPS) is 11.8. The summed E-state index contributed by atoms with van der Waals surface area (Å²) in [4.78, 5) is 33.2. The predicted molar refractivity (Wildman–Crippen MR) is 115 cm³/mol. The lowest BCUT2D eigenvalue weighted by atomic mass is 10.0. The fraction of sp³-hybridized carbons (Fsp3) is 0.783. The highest BCUT2D eigenvalue weighted by Gasteiger charge is 2.33. The molecule has 0 amide bonds. The molecular weight excluding hydrogens is 386 g/mol. The zero-order valence-electron chi connectivity index (χ0n) is 18.7. The van der Waals surface area contributed by atoms with E-state index in [-0.39, 0.29) is 6.54 Å². The number of hydrogen-bond acceptors (Lipinski definition) is 4. The lowest BCUT2D eigenvalue weighted by Crippen LogP contribution is -2.59. The molecule has 0 aromatic carbocycles. The molecule has 0 aliphatic rings. The highest BCUT2D eigenvalue weighted by Crippen LogP contribution is 2.14. The minimum atomic E-state index is -1.42. The second-order valence-corrected chi connectivity index (χ2v) is 8.26. The molecule has 7 nitrogen and oxygen atoms in total. The van der Waals surface area contributed by atoms with E-state index >= 15 is 0 Å². The van der Waals surface area contributed by atoms with Crippen molar-refractivity contribution in [3.63, 3.8) is 0 Å². The van der Waals surface area contributed by atoms with Gasteiger partial charge in [0.25, 0.3) is 0 Å². The fourth-order valence-electron chi connectivity index (χ4n) is 3.84. The van der Waals surface area contributed by atoms with E-state index in [0.29, 0.717) is 6.42 Å². The van der Waals surface area contributed by atoms with E-state index in [4.69, 9.17) is 10.2 Å². The highest BCUT2D eigenvalue weighted by atomic mass is 16.4. The molecule has 0 bridgehead atoms. The molecule has 2 N–H and O–H groups in total. The van der Waals surface area contributed by atoms with Crippen LogP contribution in [0.15, 0.2) is 12.2 Å². The maximum absolute atomic E-state index is 11.1. The number of aliphatic carboxylic acids is 3. The zero-order valence-corrected chi connectivity index (χ0v) is 18.7. The third kappa shape index (κ3) is 17.0. The number of unbranched alkanes of at least 4 members (excludes halogenated alkanes) is 11. The van der Waals surface area contributed by atoms with Crippen molar-refractivity contribution in [3.05, 3.63) is 12.2 Å². The number of carbonyl (C=O) groups excluding carboxylic acids is 1. The first-order valence-corrected chi connectivity index (χ1v) is 11.4. The number of carboxylic acid groups (broad SMARTS) is 3. The third-order valence-electron chi connectivity index (χ3n) is 5.31. The Labute approximate surface area is 181 Å². The molecule has 0 rings (SSSR count). The van der Waals surface area contributed by atoms with E-state index in [9.17, 15) is 19.5 Å². The van der Waals surface area contributed by atoms with Crippen molar-refractivity contribution in [2.24, 2.45) is 0 Å². The van der Waals surface area contributed by atoms with Crippen molar-refractivity contribution in [3.8, 4) is 0 Å². The van der Waals surface area contributed by atoms with Gasteiger partial charge in [0.2, 0.25) is 0 Å². The van der Waals surface area contributed by atoms with Crippen molar-refractivity contribution in [2.75, 3.05) is 26.2 Å². The number of nitrogens with zero attached hydrogens (tertiary/aromatic N) is 1. The molecule has 0 unspecified atom stereocenters. The van der Waals surface area contributed by atoms with Gasteiger partial charge in [-0.1, -0.05) is 70.4 Å². The quantitative estimate of drug-likeness (QED) is 0.165. The Bertz CT molecular complexity index is 477. The van der Waals surface area contributed by atoms with Gasteiger partial charge in [-0.05, 0) is 32.1 Å². The van der Waals surface area contributed by atoms with Gasteiger partial charge in [-0.15, -0.1) is 0 Å². The molecule has 0 radical (unpaired) electrons. The van der Waals surface area contributed by atoms with Crippen molar-refractivity contribution in [2.45, 2.75) is 90.4 Å². The summed E-state index contributed by atoms with van der Waals surface area (Å²) in [6, 6.07) is 0.